The van der Waals surface area contributed by atoms with Gasteiger partial charge in [0.25, 0.3) is 0 Å². The zero-order valence-corrected chi connectivity index (χ0v) is 10.7. The van der Waals surface area contributed by atoms with Crippen molar-refractivity contribution < 1.29 is 9.59 Å². The van der Waals surface area contributed by atoms with Gasteiger partial charge in [0.2, 0.25) is 11.8 Å². The summed E-state index contributed by atoms with van der Waals surface area (Å²) in [6, 6.07) is 5.48. The fourth-order valence-electron chi connectivity index (χ4n) is 1.45. The Bertz CT molecular complexity index is 444. The van der Waals surface area contributed by atoms with Crippen LogP contribution in [0.25, 0.3) is 0 Å². The quantitative estimate of drug-likeness (QED) is 0.741. The maximum atomic E-state index is 11.5. The molecule has 0 aliphatic rings. The number of aryl methyl sites for hydroxylation is 1. The summed E-state index contributed by atoms with van der Waals surface area (Å²) >= 11 is 0. The molecule has 0 bridgehead atoms. The number of carbonyl (C=O) groups is 2. The molecule has 5 heteroatoms. The highest BCUT2D eigenvalue weighted by Crippen LogP contribution is 2.23. The van der Waals surface area contributed by atoms with Gasteiger partial charge in [-0.05, 0) is 24.6 Å². The third kappa shape index (κ3) is 4.18. The van der Waals surface area contributed by atoms with Crippen molar-refractivity contribution in [2.75, 3.05) is 17.2 Å². The molecule has 0 unspecified atom stereocenters. The van der Waals surface area contributed by atoms with Crippen molar-refractivity contribution in [3.05, 3.63) is 23.8 Å². The average Bonchev–Trinajstić information content (AvgIpc) is 2.32. The van der Waals surface area contributed by atoms with Crippen molar-refractivity contribution in [2.24, 2.45) is 5.73 Å². The summed E-state index contributed by atoms with van der Waals surface area (Å²) in [5, 5.41) is 5.50. The lowest BCUT2D eigenvalue weighted by molar-refractivity contribution is -0.116. The first-order valence-electron chi connectivity index (χ1n) is 5.97. The summed E-state index contributed by atoms with van der Waals surface area (Å²) in [5.74, 6) is -0.247. The van der Waals surface area contributed by atoms with Crippen LogP contribution in [0.4, 0.5) is 11.4 Å². The Morgan fingerprint density at radius 1 is 1.17 bits per heavy atom. The summed E-state index contributed by atoms with van der Waals surface area (Å²) in [6.45, 7) is 3.99. The van der Waals surface area contributed by atoms with Gasteiger partial charge in [-0.1, -0.05) is 13.0 Å². The van der Waals surface area contributed by atoms with Crippen molar-refractivity contribution in [1.29, 1.82) is 0 Å². The van der Waals surface area contributed by atoms with Crippen LogP contribution in [-0.2, 0) is 9.59 Å². The number of rotatable bonds is 5. The SMILES string of the molecule is CCC(=O)Nc1ccc(C)cc1NC(=O)CCN. The number of nitrogens with one attached hydrogen (secondary N) is 2. The van der Waals surface area contributed by atoms with E-state index in [2.05, 4.69) is 10.6 Å². The van der Waals surface area contributed by atoms with Gasteiger partial charge in [0.15, 0.2) is 0 Å². The molecule has 4 N–H and O–H groups in total. The summed E-state index contributed by atoms with van der Waals surface area (Å²) in [7, 11) is 0. The van der Waals surface area contributed by atoms with Crippen LogP contribution in [-0.4, -0.2) is 18.4 Å². The fourth-order valence-corrected chi connectivity index (χ4v) is 1.45. The van der Waals surface area contributed by atoms with Gasteiger partial charge in [-0.15, -0.1) is 0 Å². The Morgan fingerprint density at radius 3 is 2.44 bits per heavy atom. The van der Waals surface area contributed by atoms with Crippen molar-refractivity contribution in [2.45, 2.75) is 26.7 Å². The van der Waals surface area contributed by atoms with Crippen molar-refractivity contribution in [3.63, 3.8) is 0 Å². The van der Waals surface area contributed by atoms with E-state index in [0.29, 0.717) is 24.3 Å². The highest BCUT2D eigenvalue weighted by Gasteiger charge is 2.08. The third-order valence-corrected chi connectivity index (χ3v) is 2.42. The van der Waals surface area contributed by atoms with Gasteiger partial charge in [0.1, 0.15) is 0 Å². The number of hydrogen-bond donors (Lipinski definition) is 3. The molecule has 5 nitrogen and oxygen atoms in total. The lowest BCUT2D eigenvalue weighted by Gasteiger charge is -2.12. The van der Waals surface area contributed by atoms with E-state index in [-0.39, 0.29) is 18.2 Å². The maximum Gasteiger partial charge on any atom is 0.225 e. The molecule has 98 valence electrons. The highest BCUT2D eigenvalue weighted by atomic mass is 16.2. The van der Waals surface area contributed by atoms with Gasteiger partial charge in [0, 0.05) is 19.4 Å². The Morgan fingerprint density at radius 2 is 1.83 bits per heavy atom. The van der Waals surface area contributed by atoms with Gasteiger partial charge in [-0.25, -0.2) is 0 Å². The van der Waals surface area contributed by atoms with Crippen LogP contribution < -0.4 is 16.4 Å². The highest BCUT2D eigenvalue weighted by molar-refractivity contribution is 5.99. The zero-order valence-electron chi connectivity index (χ0n) is 10.7. The minimum atomic E-state index is -0.157. The van der Waals surface area contributed by atoms with Gasteiger partial charge in [0.05, 0.1) is 11.4 Å². The molecule has 0 saturated heterocycles. The van der Waals surface area contributed by atoms with Crippen molar-refractivity contribution in [1.82, 2.24) is 0 Å². The molecular formula is C13H19N3O2. The van der Waals surface area contributed by atoms with Gasteiger partial charge in [-0.2, -0.15) is 0 Å². The second-order valence-corrected chi connectivity index (χ2v) is 4.04. The molecule has 1 aromatic rings. The third-order valence-electron chi connectivity index (χ3n) is 2.42. The number of carbonyl (C=O) groups excluding carboxylic acids is 2. The number of nitrogens with two attached hydrogens (primary N) is 1. The Kier molecular flexibility index (Phi) is 5.32. The summed E-state index contributed by atoms with van der Waals surface area (Å²) in [6.07, 6.45) is 0.652. The Balaban J connectivity index is 2.89. The fraction of sp³-hybridized carbons (Fsp3) is 0.385. The predicted octanol–water partition coefficient (Wildman–Crippen LogP) is 1.63. The van der Waals surface area contributed by atoms with Crippen LogP contribution in [0.1, 0.15) is 25.3 Å². The smallest absolute Gasteiger partial charge is 0.225 e. The molecule has 0 heterocycles. The van der Waals surface area contributed by atoms with Gasteiger partial charge >= 0.3 is 0 Å². The molecule has 0 atom stereocenters. The molecule has 0 aliphatic carbocycles. The molecule has 0 saturated carbocycles. The first-order valence-corrected chi connectivity index (χ1v) is 5.97. The molecule has 2 amide bonds. The van der Waals surface area contributed by atoms with E-state index in [0.717, 1.165) is 5.56 Å². The first-order chi connectivity index (χ1) is 8.56. The van der Waals surface area contributed by atoms with Crippen LogP contribution in [0.5, 0.6) is 0 Å². The van der Waals surface area contributed by atoms with Crippen LogP contribution in [0.15, 0.2) is 18.2 Å². The van der Waals surface area contributed by atoms with E-state index < -0.39 is 0 Å². The van der Waals surface area contributed by atoms with Crippen LogP contribution in [0.2, 0.25) is 0 Å². The average molecular weight is 249 g/mol. The maximum absolute atomic E-state index is 11.5. The van der Waals surface area contributed by atoms with E-state index in [4.69, 9.17) is 5.73 Å². The zero-order chi connectivity index (χ0) is 13.5. The van der Waals surface area contributed by atoms with E-state index >= 15 is 0 Å². The standard InChI is InChI=1S/C13H19N3O2/c1-3-12(17)15-10-5-4-9(2)8-11(10)16-13(18)6-7-14/h4-5,8H,3,6-7,14H2,1-2H3,(H,15,17)(H,16,18). The minimum absolute atomic E-state index is 0.0897. The Labute approximate surface area is 107 Å². The topological polar surface area (TPSA) is 84.2 Å². The second-order valence-electron chi connectivity index (χ2n) is 4.04. The number of hydrogen-bond acceptors (Lipinski definition) is 3. The monoisotopic (exact) mass is 249 g/mol. The van der Waals surface area contributed by atoms with Gasteiger partial charge < -0.3 is 16.4 Å². The van der Waals surface area contributed by atoms with Crippen molar-refractivity contribution in [3.8, 4) is 0 Å². The lowest BCUT2D eigenvalue weighted by Crippen LogP contribution is -2.18. The molecule has 18 heavy (non-hydrogen) atoms. The normalized spacial score (nSPS) is 9.94. The lowest BCUT2D eigenvalue weighted by atomic mass is 10.2. The second kappa shape index (κ2) is 6.76. The molecule has 1 rings (SSSR count). The van der Waals surface area contributed by atoms with Crippen LogP contribution >= 0.6 is 0 Å². The molecule has 0 aliphatic heterocycles. The molecule has 0 spiro atoms. The van der Waals surface area contributed by atoms with E-state index in [1.165, 1.54) is 0 Å². The van der Waals surface area contributed by atoms with E-state index in [1.807, 2.05) is 19.1 Å². The summed E-state index contributed by atoms with van der Waals surface area (Å²) in [5.41, 5.74) is 7.55. The predicted molar refractivity (Wildman–Crippen MR) is 72.4 cm³/mol. The van der Waals surface area contributed by atoms with Crippen molar-refractivity contribution >= 4 is 23.2 Å². The molecule has 0 fully saturated rings. The molecule has 0 aromatic heterocycles. The van der Waals surface area contributed by atoms with E-state index in [1.54, 1.807) is 13.0 Å². The Hall–Kier alpha value is -1.88. The number of benzene rings is 1. The number of anilines is 2. The number of amides is 2. The minimum Gasteiger partial charge on any atom is -0.330 e. The molecular weight excluding hydrogens is 230 g/mol. The summed E-state index contributed by atoms with van der Waals surface area (Å²) in [4.78, 5) is 22.9. The van der Waals surface area contributed by atoms with Gasteiger partial charge in [-0.3, -0.25) is 9.59 Å². The largest absolute Gasteiger partial charge is 0.330 e. The first kappa shape index (κ1) is 14.2. The van der Waals surface area contributed by atoms with E-state index in [9.17, 15) is 9.59 Å². The summed E-state index contributed by atoms with van der Waals surface area (Å²) < 4.78 is 0. The molecule has 1 aromatic carbocycles. The molecule has 0 radical (unpaired) electrons. The van der Waals surface area contributed by atoms with Crippen LogP contribution in [0, 0.1) is 6.92 Å². The van der Waals surface area contributed by atoms with Crippen LogP contribution in [0.3, 0.4) is 0 Å².